The third kappa shape index (κ3) is 8.23. The second-order valence-corrected chi connectivity index (χ2v) is 8.96. The van der Waals surface area contributed by atoms with Crippen molar-refractivity contribution >= 4 is 23.5 Å². The van der Waals surface area contributed by atoms with E-state index < -0.39 is 0 Å². The molecule has 6 heteroatoms. The molecule has 0 fully saturated rings. The molecule has 4 aromatic carbocycles. The third-order valence-electron chi connectivity index (χ3n) is 6.17. The number of methoxy groups -OCH3 is 2. The monoisotopic (exact) mass is 510 g/mol. The van der Waals surface area contributed by atoms with Crippen LogP contribution in [0.15, 0.2) is 84.9 Å². The number of aryl methyl sites for hydroxylation is 4. The van der Waals surface area contributed by atoms with Crippen LogP contribution < -0.4 is 15.2 Å². The molecule has 0 aromatic heterocycles. The Morgan fingerprint density at radius 2 is 1.32 bits per heavy atom. The lowest BCUT2D eigenvalue weighted by molar-refractivity contribution is -0.385. The highest BCUT2D eigenvalue weighted by molar-refractivity contribution is 5.71. The first-order chi connectivity index (χ1) is 18.3. The Bertz CT molecular complexity index is 1410. The van der Waals surface area contributed by atoms with Crippen molar-refractivity contribution in [3.05, 3.63) is 128 Å². The molecule has 4 rings (SSSR count). The molecule has 0 bridgehead atoms. The molecular weight excluding hydrogens is 476 g/mol. The van der Waals surface area contributed by atoms with E-state index in [9.17, 15) is 10.1 Å². The van der Waals surface area contributed by atoms with E-state index in [1.807, 2.05) is 61.5 Å². The molecule has 0 spiro atoms. The average Bonchev–Trinajstić information content (AvgIpc) is 2.93. The largest absolute Gasteiger partial charge is 0.497 e. The van der Waals surface area contributed by atoms with Gasteiger partial charge in [-0.1, -0.05) is 60.7 Å². The topological polar surface area (TPSA) is 87.6 Å². The zero-order valence-electron chi connectivity index (χ0n) is 22.3. The Kier molecular flexibility index (Phi) is 10.1. The van der Waals surface area contributed by atoms with Gasteiger partial charge < -0.3 is 15.2 Å². The predicted octanol–water partition coefficient (Wildman–Crippen LogP) is 7.45. The molecule has 38 heavy (non-hydrogen) atoms. The summed E-state index contributed by atoms with van der Waals surface area (Å²) in [7, 11) is 3.31. The number of hydrogen-bond acceptors (Lipinski definition) is 5. The first-order valence-electron chi connectivity index (χ1n) is 12.3. The van der Waals surface area contributed by atoms with Crippen LogP contribution in [0.1, 0.15) is 33.4 Å². The van der Waals surface area contributed by atoms with Crippen molar-refractivity contribution in [2.45, 2.75) is 26.7 Å². The minimum Gasteiger partial charge on any atom is -0.497 e. The number of benzene rings is 4. The summed E-state index contributed by atoms with van der Waals surface area (Å²) in [6, 6.07) is 27.3. The molecule has 0 amide bonds. The number of nitrogen functional groups attached to an aromatic ring is 1. The maximum absolute atomic E-state index is 10.9. The molecule has 0 saturated carbocycles. The maximum Gasteiger partial charge on any atom is 0.272 e. The molecule has 2 N–H and O–H groups in total. The Hall–Kier alpha value is -4.58. The molecule has 4 aromatic rings. The predicted molar refractivity (Wildman–Crippen MR) is 156 cm³/mol. The van der Waals surface area contributed by atoms with Gasteiger partial charge in [-0.25, -0.2) is 0 Å². The Balaban J connectivity index is 0.000000212. The highest BCUT2D eigenvalue weighted by Crippen LogP contribution is 2.22. The molecule has 0 atom stereocenters. The van der Waals surface area contributed by atoms with Crippen LogP contribution in [0.4, 0.5) is 11.4 Å². The number of anilines is 1. The van der Waals surface area contributed by atoms with Gasteiger partial charge in [-0.05, 0) is 84.8 Å². The number of nitrogens with two attached hydrogens (primary N) is 1. The smallest absolute Gasteiger partial charge is 0.272 e. The molecule has 0 heterocycles. The van der Waals surface area contributed by atoms with Crippen LogP contribution in [-0.2, 0) is 12.8 Å². The minimum absolute atomic E-state index is 0.137. The molecule has 0 unspecified atom stereocenters. The van der Waals surface area contributed by atoms with Crippen LogP contribution in [0.25, 0.3) is 12.2 Å². The van der Waals surface area contributed by atoms with Crippen LogP contribution in [0.5, 0.6) is 11.5 Å². The first kappa shape index (κ1) is 28.0. The number of nitro groups is 1. The molecule has 0 saturated heterocycles. The van der Waals surface area contributed by atoms with Crippen LogP contribution in [0.3, 0.4) is 0 Å². The highest BCUT2D eigenvalue weighted by Gasteiger charge is 2.09. The van der Waals surface area contributed by atoms with Gasteiger partial charge in [-0.3, -0.25) is 10.1 Å². The zero-order chi connectivity index (χ0) is 27.5. The number of nitrogens with zero attached hydrogens (tertiary/aromatic N) is 1. The summed E-state index contributed by atoms with van der Waals surface area (Å²) in [5.41, 5.74) is 13.1. The van der Waals surface area contributed by atoms with E-state index in [0.717, 1.165) is 46.7 Å². The fraction of sp³-hybridized carbons (Fsp3) is 0.188. The van der Waals surface area contributed by atoms with Gasteiger partial charge in [-0.15, -0.1) is 0 Å². The Labute approximate surface area is 224 Å². The number of hydrogen-bond donors (Lipinski definition) is 1. The second-order valence-electron chi connectivity index (χ2n) is 8.96. The molecule has 0 aliphatic rings. The third-order valence-corrected chi connectivity index (χ3v) is 6.17. The Morgan fingerprint density at radius 1 is 0.737 bits per heavy atom. The van der Waals surface area contributed by atoms with Crippen LogP contribution >= 0.6 is 0 Å². The van der Waals surface area contributed by atoms with Crippen molar-refractivity contribution < 1.29 is 14.4 Å². The van der Waals surface area contributed by atoms with E-state index in [1.165, 1.54) is 11.1 Å². The van der Waals surface area contributed by atoms with Crippen LogP contribution in [-0.4, -0.2) is 19.1 Å². The summed E-state index contributed by atoms with van der Waals surface area (Å²) >= 11 is 0. The maximum atomic E-state index is 10.9. The molecule has 0 radical (unpaired) electrons. The van der Waals surface area contributed by atoms with Gasteiger partial charge in [0.1, 0.15) is 11.5 Å². The number of nitro benzene ring substituents is 1. The van der Waals surface area contributed by atoms with E-state index in [-0.39, 0.29) is 10.6 Å². The zero-order valence-corrected chi connectivity index (χ0v) is 22.3. The SMILES string of the molecule is COc1cccc(/C=C/c2ccc(C)c([N+](=O)[O-])c2)c1.COc1cccc(CCc2ccc(C)c(N)c2)c1. The van der Waals surface area contributed by atoms with Crippen LogP contribution in [0.2, 0.25) is 0 Å². The summed E-state index contributed by atoms with van der Waals surface area (Å²) in [6.07, 6.45) is 5.75. The molecule has 196 valence electrons. The quantitative estimate of drug-likeness (QED) is 0.115. The van der Waals surface area contributed by atoms with Crippen molar-refractivity contribution in [3.8, 4) is 11.5 Å². The molecular formula is C32H34N2O4. The van der Waals surface area contributed by atoms with E-state index in [4.69, 9.17) is 15.2 Å². The molecule has 0 aliphatic heterocycles. The lowest BCUT2D eigenvalue weighted by Gasteiger charge is -2.06. The van der Waals surface area contributed by atoms with E-state index in [1.54, 1.807) is 33.3 Å². The first-order valence-corrected chi connectivity index (χ1v) is 12.3. The van der Waals surface area contributed by atoms with Gasteiger partial charge >= 0.3 is 0 Å². The van der Waals surface area contributed by atoms with Crippen molar-refractivity contribution in [2.24, 2.45) is 0 Å². The van der Waals surface area contributed by atoms with E-state index in [0.29, 0.717) is 5.56 Å². The van der Waals surface area contributed by atoms with Gasteiger partial charge in [0.2, 0.25) is 0 Å². The standard InChI is InChI=1S/C16H15NO3.C16H19NO/c1-12-6-7-14(11-16(12)17(18)19)9-8-13-4-3-5-15(10-13)20-2;1-12-6-7-14(11-16(12)17)9-8-13-4-3-5-15(10-13)18-2/h3-11H,1-2H3;3-7,10-11H,8-9,17H2,1-2H3/b9-8+;. The lowest BCUT2D eigenvalue weighted by atomic mass is 10.0. The lowest BCUT2D eigenvalue weighted by Crippen LogP contribution is -1.95. The fourth-order valence-corrected chi connectivity index (χ4v) is 3.83. The number of ether oxygens (including phenoxy) is 2. The molecule has 6 nitrogen and oxygen atoms in total. The second kappa shape index (κ2) is 13.7. The summed E-state index contributed by atoms with van der Waals surface area (Å²) in [4.78, 5) is 10.5. The van der Waals surface area contributed by atoms with Gasteiger partial charge in [0.15, 0.2) is 0 Å². The van der Waals surface area contributed by atoms with Gasteiger partial charge in [0, 0.05) is 17.3 Å². The van der Waals surface area contributed by atoms with E-state index in [2.05, 4.69) is 30.3 Å². The average molecular weight is 511 g/mol. The Morgan fingerprint density at radius 3 is 1.95 bits per heavy atom. The minimum atomic E-state index is -0.363. The number of rotatable bonds is 8. The summed E-state index contributed by atoms with van der Waals surface area (Å²) in [6.45, 7) is 3.76. The van der Waals surface area contributed by atoms with Crippen LogP contribution in [0, 0.1) is 24.0 Å². The van der Waals surface area contributed by atoms with Crippen molar-refractivity contribution in [1.29, 1.82) is 0 Å². The van der Waals surface area contributed by atoms with E-state index >= 15 is 0 Å². The van der Waals surface area contributed by atoms with Gasteiger partial charge in [0.25, 0.3) is 5.69 Å². The van der Waals surface area contributed by atoms with Gasteiger partial charge in [-0.2, -0.15) is 0 Å². The normalized spacial score (nSPS) is 10.5. The highest BCUT2D eigenvalue weighted by atomic mass is 16.6. The summed E-state index contributed by atoms with van der Waals surface area (Å²) < 4.78 is 10.4. The van der Waals surface area contributed by atoms with Gasteiger partial charge in [0.05, 0.1) is 19.1 Å². The summed E-state index contributed by atoms with van der Waals surface area (Å²) in [5, 5.41) is 10.9. The fourth-order valence-electron chi connectivity index (χ4n) is 3.83. The molecule has 0 aliphatic carbocycles. The van der Waals surface area contributed by atoms with Crippen molar-refractivity contribution in [1.82, 2.24) is 0 Å². The van der Waals surface area contributed by atoms with Crippen molar-refractivity contribution in [2.75, 3.05) is 20.0 Å². The summed E-state index contributed by atoms with van der Waals surface area (Å²) in [5.74, 6) is 1.69. The van der Waals surface area contributed by atoms with Crippen molar-refractivity contribution in [3.63, 3.8) is 0 Å².